The Morgan fingerprint density at radius 3 is 2.53 bits per heavy atom. The lowest BCUT2D eigenvalue weighted by Gasteiger charge is -2.16. The van der Waals surface area contributed by atoms with Gasteiger partial charge in [-0.25, -0.2) is 9.59 Å². The van der Waals surface area contributed by atoms with Crippen molar-refractivity contribution in [1.82, 2.24) is 5.32 Å². The van der Waals surface area contributed by atoms with Crippen molar-refractivity contribution < 1.29 is 19.4 Å². The maximum atomic E-state index is 10.6. The Hall–Kier alpha value is -2.24. The summed E-state index contributed by atoms with van der Waals surface area (Å²) in [5.74, 6) is 0. The van der Waals surface area contributed by atoms with Gasteiger partial charge in [0.05, 0.1) is 6.04 Å². The van der Waals surface area contributed by atoms with Crippen LogP contribution in [0.4, 0.5) is 9.59 Å². The first-order chi connectivity index (χ1) is 8.08. The molecule has 0 radical (unpaired) electrons. The smallest absolute Gasteiger partial charge is 0.405 e. The standard InChI is InChI=1S/C11H14N2O4/c12-10(14)17-7-9(13-11(15)16)6-8-4-2-1-3-5-8/h1-5,9,13H,6-7H2,(H2,12,14)(H,15,16). The normalized spacial score (nSPS) is 11.5. The molecule has 0 fully saturated rings. The summed E-state index contributed by atoms with van der Waals surface area (Å²) >= 11 is 0. The van der Waals surface area contributed by atoms with E-state index in [1.54, 1.807) is 0 Å². The molecule has 0 aromatic heterocycles. The van der Waals surface area contributed by atoms with Gasteiger partial charge in [-0.1, -0.05) is 30.3 Å². The fourth-order valence-corrected chi connectivity index (χ4v) is 1.41. The van der Waals surface area contributed by atoms with Crippen molar-refractivity contribution in [2.75, 3.05) is 6.61 Å². The molecule has 0 heterocycles. The van der Waals surface area contributed by atoms with E-state index in [4.69, 9.17) is 10.8 Å². The number of nitrogens with one attached hydrogen (secondary N) is 1. The Labute approximate surface area is 98.4 Å². The summed E-state index contributed by atoms with van der Waals surface area (Å²) in [7, 11) is 0. The minimum Gasteiger partial charge on any atom is -0.465 e. The van der Waals surface area contributed by atoms with Crippen molar-refractivity contribution in [3.63, 3.8) is 0 Å². The highest BCUT2D eigenvalue weighted by atomic mass is 16.5. The van der Waals surface area contributed by atoms with Gasteiger partial charge in [-0.2, -0.15) is 0 Å². The number of rotatable bonds is 5. The number of ether oxygens (including phenoxy) is 1. The van der Waals surface area contributed by atoms with Gasteiger partial charge in [0.1, 0.15) is 6.61 Å². The van der Waals surface area contributed by atoms with Crippen molar-refractivity contribution in [2.45, 2.75) is 12.5 Å². The Morgan fingerprint density at radius 2 is 2.00 bits per heavy atom. The van der Waals surface area contributed by atoms with Crippen LogP contribution in [0.25, 0.3) is 0 Å². The van der Waals surface area contributed by atoms with E-state index in [0.29, 0.717) is 6.42 Å². The summed E-state index contributed by atoms with van der Waals surface area (Å²) in [5, 5.41) is 10.9. The third-order valence-electron chi connectivity index (χ3n) is 2.08. The maximum Gasteiger partial charge on any atom is 0.405 e. The minimum atomic E-state index is -1.17. The van der Waals surface area contributed by atoms with Crippen LogP contribution in [0.15, 0.2) is 30.3 Å². The lowest BCUT2D eigenvalue weighted by atomic mass is 10.1. The molecule has 2 amide bonds. The van der Waals surface area contributed by atoms with E-state index in [1.165, 1.54) is 0 Å². The van der Waals surface area contributed by atoms with E-state index < -0.39 is 18.2 Å². The molecule has 6 nitrogen and oxygen atoms in total. The lowest BCUT2D eigenvalue weighted by Crippen LogP contribution is -2.40. The molecule has 1 aromatic rings. The fraction of sp³-hybridized carbons (Fsp3) is 0.273. The van der Waals surface area contributed by atoms with E-state index in [0.717, 1.165) is 5.56 Å². The van der Waals surface area contributed by atoms with Crippen molar-refractivity contribution in [1.29, 1.82) is 0 Å². The van der Waals surface area contributed by atoms with Crippen LogP contribution in [-0.4, -0.2) is 29.9 Å². The third-order valence-corrected chi connectivity index (χ3v) is 2.08. The molecule has 0 saturated heterocycles. The molecule has 0 spiro atoms. The number of hydrogen-bond acceptors (Lipinski definition) is 3. The molecule has 0 aliphatic heterocycles. The molecule has 0 saturated carbocycles. The van der Waals surface area contributed by atoms with E-state index in [-0.39, 0.29) is 6.61 Å². The van der Waals surface area contributed by atoms with Gasteiger partial charge in [-0.05, 0) is 12.0 Å². The molecule has 92 valence electrons. The second kappa shape index (κ2) is 6.37. The summed E-state index contributed by atoms with van der Waals surface area (Å²) in [6, 6.07) is 8.77. The second-order valence-electron chi connectivity index (χ2n) is 3.47. The predicted octanol–water partition coefficient (Wildman–Crippen LogP) is 0.961. The molecule has 0 aliphatic rings. The number of nitrogens with two attached hydrogens (primary N) is 1. The van der Waals surface area contributed by atoms with E-state index >= 15 is 0 Å². The number of amides is 2. The molecule has 1 aromatic carbocycles. The Morgan fingerprint density at radius 1 is 1.35 bits per heavy atom. The van der Waals surface area contributed by atoms with Crippen LogP contribution < -0.4 is 11.1 Å². The largest absolute Gasteiger partial charge is 0.465 e. The van der Waals surface area contributed by atoms with Gasteiger partial charge in [0.2, 0.25) is 0 Å². The van der Waals surface area contributed by atoms with Crippen LogP contribution in [0, 0.1) is 0 Å². The van der Waals surface area contributed by atoms with Gasteiger partial charge in [-0.15, -0.1) is 0 Å². The molecule has 17 heavy (non-hydrogen) atoms. The SMILES string of the molecule is NC(=O)OCC(Cc1ccccc1)NC(=O)O. The van der Waals surface area contributed by atoms with Crippen molar-refractivity contribution in [2.24, 2.45) is 5.73 Å². The molecular weight excluding hydrogens is 224 g/mol. The monoisotopic (exact) mass is 238 g/mol. The maximum absolute atomic E-state index is 10.6. The predicted molar refractivity (Wildman–Crippen MR) is 60.6 cm³/mol. The van der Waals surface area contributed by atoms with Gasteiger partial charge in [-0.3, -0.25) is 0 Å². The van der Waals surface area contributed by atoms with Crippen molar-refractivity contribution in [3.8, 4) is 0 Å². The third kappa shape index (κ3) is 5.41. The molecule has 1 rings (SSSR count). The fourth-order valence-electron chi connectivity index (χ4n) is 1.41. The van der Waals surface area contributed by atoms with Gasteiger partial charge >= 0.3 is 12.2 Å². The van der Waals surface area contributed by atoms with E-state index in [9.17, 15) is 9.59 Å². The van der Waals surface area contributed by atoms with Gasteiger partial charge in [0, 0.05) is 0 Å². The number of carbonyl (C=O) groups excluding carboxylic acids is 1. The summed E-state index contributed by atoms with van der Waals surface area (Å²) in [6.07, 6.45) is -1.66. The molecule has 4 N–H and O–H groups in total. The van der Waals surface area contributed by atoms with Crippen LogP contribution in [0.3, 0.4) is 0 Å². The van der Waals surface area contributed by atoms with Crippen LogP contribution in [0.1, 0.15) is 5.56 Å². The zero-order valence-corrected chi connectivity index (χ0v) is 9.13. The first-order valence-electron chi connectivity index (χ1n) is 5.03. The number of hydrogen-bond donors (Lipinski definition) is 3. The second-order valence-corrected chi connectivity index (χ2v) is 3.47. The summed E-state index contributed by atoms with van der Waals surface area (Å²) in [5.41, 5.74) is 5.77. The van der Waals surface area contributed by atoms with Gasteiger partial charge < -0.3 is 20.9 Å². The average Bonchev–Trinajstić information content (AvgIpc) is 2.26. The summed E-state index contributed by atoms with van der Waals surface area (Å²) in [4.78, 5) is 21.0. The minimum absolute atomic E-state index is 0.0868. The van der Waals surface area contributed by atoms with Crippen molar-refractivity contribution in [3.05, 3.63) is 35.9 Å². The highest BCUT2D eigenvalue weighted by molar-refractivity contribution is 5.66. The molecule has 1 atom stereocenters. The van der Waals surface area contributed by atoms with E-state index in [1.807, 2.05) is 30.3 Å². The zero-order valence-electron chi connectivity index (χ0n) is 9.13. The number of carbonyl (C=O) groups is 2. The highest BCUT2D eigenvalue weighted by Gasteiger charge is 2.13. The average molecular weight is 238 g/mol. The quantitative estimate of drug-likeness (QED) is 0.711. The number of benzene rings is 1. The lowest BCUT2D eigenvalue weighted by molar-refractivity contribution is 0.137. The molecule has 0 aliphatic carbocycles. The van der Waals surface area contributed by atoms with Crippen LogP contribution in [0.2, 0.25) is 0 Å². The van der Waals surface area contributed by atoms with Gasteiger partial charge in [0.25, 0.3) is 0 Å². The molecular formula is C11H14N2O4. The van der Waals surface area contributed by atoms with Gasteiger partial charge in [0.15, 0.2) is 0 Å². The first kappa shape index (κ1) is 12.8. The zero-order chi connectivity index (χ0) is 12.7. The molecule has 0 bridgehead atoms. The Balaban J connectivity index is 2.56. The molecule has 1 unspecified atom stereocenters. The first-order valence-corrected chi connectivity index (χ1v) is 5.03. The number of carboxylic acid groups (broad SMARTS) is 1. The summed E-state index contributed by atoms with van der Waals surface area (Å²) < 4.78 is 4.59. The molecule has 6 heteroatoms. The van der Waals surface area contributed by atoms with Crippen LogP contribution in [-0.2, 0) is 11.2 Å². The van der Waals surface area contributed by atoms with Crippen LogP contribution >= 0.6 is 0 Å². The topological polar surface area (TPSA) is 102 Å². The Bertz CT molecular complexity index is 380. The highest BCUT2D eigenvalue weighted by Crippen LogP contribution is 2.03. The van der Waals surface area contributed by atoms with Crippen molar-refractivity contribution >= 4 is 12.2 Å². The summed E-state index contributed by atoms with van der Waals surface area (Å²) in [6.45, 7) is -0.0868. The van der Waals surface area contributed by atoms with E-state index in [2.05, 4.69) is 10.1 Å². The van der Waals surface area contributed by atoms with Crippen LogP contribution in [0.5, 0.6) is 0 Å². The Kier molecular flexibility index (Phi) is 4.80. The number of primary amides is 1.